The number of phenols is 1. The van der Waals surface area contributed by atoms with E-state index < -0.39 is 17.9 Å². The molecule has 1 rings (SSSR count). The minimum absolute atomic E-state index is 0.194. The van der Waals surface area contributed by atoms with Crippen LogP contribution in [0.4, 0.5) is 5.69 Å². The number of anilines is 1. The monoisotopic (exact) mass is 238 g/mol. The van der Waals surface area contributed by atoms with Gasteiger partial charge in [-0.05, 0) is 25.1 Å². The largest absolute Gasteiger partial charge is 0.506 e. The molecule has 1 aromatic rings. The first-order valence-electron chi connectivity index (χ1n) is 4.93. The van der Waals surface area contributed by atoms with Crippen molar-refractivity contribution in [1.82, 2.24) is 0 Å². The standard InChI is InChI=1S/C11H14N2O4/c1-6(12)10(15)13-8-4-3-7(5-9(8)14)11(16)17-2/h3-6,14H,12H2,1-2H3,(H,13,15)/t6-/m0/s1. The van der Waals surface area contributed by atoms with Crippen molar-refractivity contribution >= 4 is 17.6 Å². The van der Waals surface area contributed by atoms with E-state index in [0.717, 1.165) is 0 Å². The Balaban J connectivity index is 2.90. The molecule has 6 heteroatoms. The van der Waals surface area contributed by atoms with Gasteiger partial charge in [-0.25, -0.2) is 4.79 Å². The fourth-order valence-corrected chi connectivity index (χ4v) is 1.13. The maximum Gasteiger partial charge on any atom is 0.337 e. The number of nitrogens with one attached hydrogen (secondary N) is 1. The minimum Gasteiger partial charge on any atom is -0.506 e. The first kappa shape index (κ1) is 13.0. The van der Waals surface area contributed by atoms with Crippen molar-refractivity contribution in [2.75, 3.05) is 12.4 Å². The van der Waals surface area contributed by atoms with Gasteiger partial charge in [0.15, 0.2) is 0 Å². The molecular formula is C11H14N2O4. The number of carbonyl (C=O) groups excluding carboxylic acids is 2. The van der Waals surface area contributed by atoms with Crippen LogP contribution in [0.25, 0.3) is 0 Å². The van der Waals surface area contributed by atoms with Gasteiger partial charge in [-0.1, -0.05) is 0 Å². The van der Waals surface area contributed by atoms with Crippen LogP contribution in [0.3, 0.4) is 0 Å². The lowest BCUT2D eigenvalue weighted by molar-refractivity contribution is -0.117. The molecule has 0 unspecified atom stereocenters. The molecule has 1 amide bonds. The first-order valence-corrected chi connectivity index (χ1v) is 4.93. The zero-order valence-corrected chi connectivity index (χ0v) is 9.56. The number of carbonyl (C=O) groups is 2. The Hall–Kier alpha value is -2.08. The zero-order chi connectivity index (χ0) is 13.0. The van der Waals surface area contributed by atoms with Crippen LogP contribution in [0.2, 0.25) is 0 Å². The molecule has 0 fully saturated rings. The van der Waals surface area contributed by atoms with Gasteiger partial charge in [0.05, 0.1) is 24.4 Å². The van der Waals surface area contributed by atoms with E-state index in [2.05, 4.69) is 10.1 Å². The van der Waals surface area contributed by atoms with E-state index in [-0.39, 0.29) is 17.0 Å². The number of hydrogen-bond acceptors (Lipinski definition) is 5. The molecule has 0 aliphatic heterocycles. The average molecular weight is 238 g/mol. The van der Waals surface area contributed by atoms with E-state index >= 15 is 0 Å². The number of ether oxygens (including phenoxy) is 1. The van der Waals surface area contributed by atoms with Gasteiger partial charge >= 0.3 is 5.97 Å². The number of benzene rings is 1. The summed E-state index contributed by atoms with van der Waals surface area (Å²) in [7, 11) is 1.24. The van der Waals surface area contributed by atoms with Gasteiger partial charge in [-0.3, -0.25) is 4.79 Å². The Morgan fingerprint density at radius 1 is 1.47 bits per heavy atom. The average Bonchev–Trinajstić information content (AvgIpc) is 2.30. The van der Waals surface area contributed by atoms with Gasteiger partial charge in [0.25, 0.3) is 0 Å². The third kappa shape index (κ3) is 3.18. The quantitative estimate of drug-likeness (QED) is 0.524. The highest BCUT2D eigenvalue weighted by Crippen LogP contribution is 2.24. The summed E-state index contributed by atoms with van der Waals surface area (Å²) < 4.78 is 4.49. The Kier molecular flexibility index (Phi) is 4.06. The summed E-state index contributed by atoms with van der Waals surface area (Å²) in [6.07, 6.45) is 0. The van der Waals surface area contributed by atoms with Crippen molar-refractivity contribution in [2.24, 2.45) is 5.73 Å². The second-order valence-electron chi connectivity index (χ2n) is 3.50. The highest BCUT2D eigenvalue weighted by Gasteiger charge is 2.12. The summed E-state index contributed by atoms with van der Waals surface area (Å²) >= 11 is 0. The van der Waals surface area contributed by atoms with E-state index in [0.29, 0.717) is 0 Å². The molecule has 1 atom stereocenters. The van der Waals surface area contributed by atoms with Gasteiger partial charge in [-0.2, -0.15) is 0 Å². The van der Waals surface area contributed by atoms with Crippen LogP contribution in [0, 0.1) is 0 Å². The number of esters is 1. The van der Waals surface area contributed by atoms with E-state index in [1.165, 1.54) is 32.2 Å². The van der Waals surface area contributed by atoms with E-state index in [4.69, 9.17) is 5.73 Å². The van der Waals surface area contributed by atoms with Crippen LogP contribution in [0.1, 0.15) is 17.3 Å². The lowest BCUT2D eigenvalue weighted by Gasteiger charge is -2.10. The molecule has 0 aliphatic carbocycles. The summed E-state index contributed by atoms with van der Waals surface area (Å²) in [5.74, 6) is -1.21. The fraction of sp³-hybridized carbons (Fsp3) is 0.273. The Labute approximate surface area is 98.4 Å². The second kappa shape index (κ2) is 5.31. The van der Waals surface area contributed by atoms with Crippen LogP contribution in [-0.2, 0) is 9.53 Å². The number of nitrogens with two attached hydrogens (primary N) is 1. The molecule has 17 heavy (non-hydrogen) atoms. The smallest absolute Gasteiger partial charge is 0.337 e. The minimum atomic E-state index is -0.685. The topological polar surface area (TPSA) is 102 Å². The molecule has 92 valence electrons. The Morgan fingerprint density at radius 3 is 2.59 bits per heavy atom. The van der Waals surface area contributed by atoms with Gasteiger partial charge in [0.2, 0.25) is 5.91 Å². The third-order valence-electron chi connectivity index (χ3n) is 2.09. The maximum absolute atomic E-state index is 11.3. The second-order valence-corrected chi connectivity index (χ2v) is 3.50. The molecular weight excluding hydrogens is 224 g/mol. The van der Waals surface area contributed by atoms with Crippen LogP contribution in [-0.4, -0.2) is 30.1 Å². The summed E-state index contributed by atoms with van der Waals surface area (Å²) in [4.78, 5) is 22.5. The molecule has 0 spiro atoms. The number of rotatable bonds is 3. The number of aromatic hydroxyl groups is 1. The molecule has 0 heterocycles. The van der Waals surface area contributed by atoms with Crippen LogP contribution in [0.15, 0.2) is 18.2 Å². The first-order chi connectivity index (χ1) is 7.95. The van der Waals surface area contributed by atoms with Gasteiger partial charge in [-0.15, -0.1) is 0 Å². The summed E-state index contributed by atoms with van der Waals surface area (Å²) in [5, 5.41) is 12.0. The molecule has 0 aliphatic rings. The van der Waals surface area contributed by atoms with Crippen LogP contribution < -0.4 is 11.1 Å². The molecule has 6 nitrogen and oxygen atoms in total. The van der Waals surface area contributed by atoms with Crippen LogP contribution in [0.5, 0.6) is 5.75 Å². The molecule has 0 radical (unpaired) electrons. The van der Waals surface area contributed by atoms with Crippen LogP contribution >= 0.6 is 0 Å². The van der Waals surface area contributed by atoms with E-state index in [9.17, 15) is 14.7 Å². The van der Waals surface area contributed by atoms with Crippen molar-refractivity contribution in [3.63, 3.8) is 0 Å². The van der Waals surface area contributed by atoms with Gasteiger partial charge in [0.1, 0.15) is 5.75 Å². The molecule has 1 aromatic carbocycles. The number of amides is 1. The summed E-state index contributed by atoms with van der Waals surface area (Å²) in [5.41, 5.74) is 5.76. The van der Waals surface area contributed by atoms with Crippen molar-refractivity contribution in [2.45, 2.75) is 13.0 Å². The predicted molar refractivity (Wildman–Crippen MR) is 61.7 cm³/mol. The fourth-order valence-electron chi connectivity index (χ4n) is 1.13. The van der Waals surface area contributed by atoms with Gasteiger partial charge in [0, 0.05) is 0 Å². The van der Waals surface area contributed by atoms with E-state index in [1.807, 2.05) is 0 Å². The predicted octanol–water partition coefficient (Wildman–Crippen LogP) is 0.464. The molecule has 0 bridgehead atoms. The lowest BCUT2D eigenvalue weighted by Crippen LogP contribution is -2.32. The van der Waals surface area contributed by atoms with Crippen molar-refractivity contribution in [3.8, 4) is 5.75 Å². The Morgan fingerprint density at radius 2 is 2.12 bits per heavy atom. The number of phenolic OH excluding ortho intramolecular Hbond substituents is 1. The van der Waals surface area contributed by atoms with Crippen molar-refractivity contribution < 1.29 is 19.4 Å². The Bertz CT molecular complexity index is 443. The molecule has 0 saturated carbocycles. The third-order valence-corrected chi connectivity index (χ3v) is 2.09. The highest BCUT2D eigenvalue weighted by atomic mass is 16.5. The molecule has 0 saturated heterocycles. The maximum atomic E-state index is 11.3. The number of methoxy groups -OCH3 is 1. The summed E-state index contributed by atoms with van der Waals surface area (Å²) in [6.45, 7) is 1.52. The lowest BCUT2D eigenvalue weighted by atomic mass is 10.2. The molecule has 4 N–H and O–H groups in total. The highest BCUT2D eigenvalue weighted by molar-refractivity contribution is 5.97. The van der Waals surface area contributed by atoms with E-state index in [1.54, 1.807) is 0 Å². The number of hydrogen-bond donors (Lipinski definition) is 3. The zero-order valence-electron chi connectivity index (χ0n) is 9.56. The SMILES string of the molecule is COC(=O)c1ccc(NC(=O)[C@H](C)N)c(O)c1. The molecule has 0 aromatic heterocycles. The normalized spacial score (nSPS) is 11.7. The van der Waals surface area contributed by atoms with Crippen molar-refractivity contribution in [3.05, 3.63) is 23.8 Å². The summed E-state index contributed by atoms with van der Waals surface area (Å²) in [6, 6.07) is 3.36. The van der Waals surface area contributed by atoms with Gasteiger partial charge < -0.3 is 20.9 Å². The van der Waals surface area contributed by atoms with Crippen molar-refractivity contribution in [1.29, 1.82) is 0 Å².